The number of rotatable bonds is 11. The van der Waals surface area contributed by atoms with Gasteiger partial charge in [-0.1, -0.05) is 50.1 Å². The Morgan fingerprint density at radius 3 is 2.02 bits per heavy atom. The monoisotopic (exact) mass is 567 g/mol. The third-order valence-electron chi connectivity index (χ3n) is 6.73. The molecule has 0 spiro atoms. The highest BCUT2D eigenvalue weighted by Crippen LogP contribution is 2.34. The van der Waals surface area contributed by atoms with Crippen LogP contribution in [0.3, 0.4) is 0 Å². The number of unbranched alkanes of at least 4 members (excludes halogenated alkanes) is 2. The zero-order chi connectivity index (χ0) is 31.0. The van der Waals surface area contributed by atoms with Gasteiger partial charge in [0.2, 0.25) is 11.8 Å². The van der Waals surface area contributed by atoms with Crippen LogP contribution in [0.4, 0.5) is 4.79 Å². The standard InChI is InChI=1S/C33H49N3O5/c1-10-11-12-20-34-29(38)28(27-22(2)14-13-15-23(27)3)36(32(4,5)6)30(39)26(35-31(40)41-33(7,8)9)21-24-16-18-25(37)19-17-24/h13-19,26,28,37H,10-12,20-21H2,1-9H3,(H,34,38)(H,35,40). The summed E-state index contributed by atoms with van der Waals surface area (Å²) in [6.45, 7) is 17.4. The number of nitrogens with one attached hydrogen (secondary N) is 2. The molecular weight excluding hydrogens is 518 g/mol. The van der Waals surface area contributed by atoms with E-state index in [-0.39, 0.29) is 18.1 Å². The van der Waals surface area contributed by atoms with Gasteiger partial charge in [0.1, 0.15) is 23.4 Å². The maximum Gasteiger partial charge on any atom is 0.408 e. The topological polar surface area (TPSA) is 108 Å². The van der Waals surface area contributed by atoms with Crippen LogP contribution in [-0.4, -0.2) is 51.6 Å². The molecule has 0 radical (unpaired) electrons. The number of ether oxygens (including phenoxy) is 1. The van der Waals surface area contributed by atoms with E-state index in [0.29, 0.717) is 6.54 Å². The first-order valence-electron chi connectivity index (χ1n) is 14.5. The lowest BCUT2D eigenvalue weighted by Crippen LogP contribution is -2.59. The van der Waals surface area contributed by atoms with Crippen molar-refractivity contribution in [1.82, 2.24) is 15.5 Å². The summed E-state index contributed by atoms with van der Waals surface area (Å²) in [4.78, 5) is 43.1. The fourth-order valence-electron chi connectivity index (χ4n) is 4.85. The van der Waals surface area contributed by atoms with Crippen LogP contribution in [-0.2, 0) is 20.7 Å². The van der Waals surface area contributed by atoms with Crippen molar-refractivity contribution < 1.29 is 24.2 Å². The highest BCUT2D eigenvalue weighted by atomic mass is 16.6. The van der Waals surface area contributed by atoms with Crippen molar-refractivity contribution in [2.24, 2.45) is 0 Å². The Bertz CT molecular complexity index is 1160. The molecule has 0 heterocycles. The maximum absolute atomic E-state index is 14.6. The molecule has 0 bridgehead atoms. The van der Waals surface area contributed by atoms with Gasteiger partial charge in [-0.15, -0.1) is 0 Å². The third kappa shape index (κ3) is 10.1. The number of alkyl carbamates (subject to hydrolysis) is 1. The highest BCUT2D eigenvalue weighted by molar-refractivity contribution is 5.93. The summed E-state index contributed by atoms with van der Waals surface area (Å²) in [7, 11) is 0. The van der Waals surface area contributed by atoms with Gasteiger partial charge in [0.05, 0.1) is 0 Å². The first-order valence-corrected chi connectivity index (χ1v) is 14.5. The molecule has 0 saturated carbocycles. The second-order valence-electron chi connectivity index (χ2n) is 12.7. The molecule has 41 heavy (non-hydrogen) atoms. The second-order valence-corrected chi connectivity index (χ2v) is 12.7. The molecule has 2 aromatic carbocycles. The molecule has 2 rings (SSSR count). The zero-order valence-corrected chi connectivity index (χ0v) is 26.3. The summed E-state index contributed by atoms with van der Waals surface area (Å²) < 4.78 is 5.51. The highest BCUT2D eigenvalue weighted by Gasteiger charge is 2.42. The van der Waals surface area contributed by atoms with E-state index in [1.807, 2.05) is 52.8 Å². The summed E-state index contributed by atoms with van der Waals surface area (Å²) in [5, 5.41) is 15.6. The summed E-state index contributed by atoms with van der Waals surface area (Å²) in [5.74, 6) is -0.571. The van der Waals surface area contributed by atoms with Gasteiger partial charge in [0.25, 0.3) is 0 Å². The van der Waals surface area contributed by atoms with E-state index in [1.165, 1.54) is 12.1 Å². The summed E-state index contributed by atoms with van der Waals surface area (Å²) >= 11 is 0. The smallest absolute Gasteiger partial charge is 0.408 e. The van der Waals surface area contributed by atoms with Crippen molar-refractivity contribution in [3.05, 3.63) is 64.7 Å². The van der Waals surface area contributed by atoms with Gasteiger partial charge in [0.15, 0.2) is 0 Å². The Morgan fingerprint density at radius 1 is 0.927 bits per heavy atom. The Hall–Kier alpha value is -3.55. The predicted octanol–water partition coefficient (Wildman–Crippen LogP) is 6.12. The third-order valence-corrected chi connectivity index (χ3v) is 6.73. The normalized spacial score (nSPS) is 13.2. The molecule has 2 aromatic rings. The molecule has 8 nitrogen and oxygen atoms in total. The van der Waals surface area contributed by atoms with Crippen molar-refractivity contribution >= 4 is 17.9 Å². The van der Waals surface area contributed by atoms with Crippen LogP contribution in [0, 0.1) is 13.8 Å². The molecule has 0 aliphatic heterocycles. The Morgan fingerprint density at radius 2 is 1.51 bits per heavy atom. The lowest BCUT2D eigenvalue weighted by molar-refractivity contribution is -0.148. The van der Waals surface area contributed by atoms with Crippen LogP contribution in [0.2, 0.25) is 0 Å². The fourth-order valence-corrected chi connectivity index (χ4v) is 4.85. The minimum Gasteiger partial charge on any atom is -0.508 e. The number of phenols is 1. The fraction of sp³-hybridized carbons (Fsp3) is 0.545. The van der Waals surface area contributed by atoms with E-state index in [1.54, 1.807) is 37.8 Å². The molecule has 3 N–H and O–H groups in total. The minimum atomic E-state index is -1.03. The maximum atomic E-state index is 14.6. The van der Waals surface area contributed by atoms with Gasteiger partial charge in [-0.3, -0.25) is 9.59 Å². The van der Waals surface area contributed by atoms with Crippen LogP contribution >= 0.6 is 0 Å². The predicted molar refractivity (Wildman–Crippen MR) is 163 cm³/mol. The van der Waals surface area contributed by atoms with E-state index in [2.05, 4.69) is 17.6 Å². The number of benzene rings is 2. The number of phenolic OH excluding ortho intramolecular Hbond substituents is 1. The largest absolute Gasteiger partial charge is 0.508 e. The zero-order valence-electron chi connectivity index (χ0n) is 26.3. The summed E-state index contributed by atoms with van der Waals surface area (Å²) in [6, 6.07) is 10.3. The van der Waals surface area contributed by atoms with E-state index in [9.17, 15) is 19.5 Å². The lowest BCUT2D eigenvalue weighted by atomic mass is 9.89. The van der Waals surface area contributed by atoms with Crippen LogP contribution in [0.15, 0.2) is 42.5 Å². The molecular formula is C33H49N3O5. The number of aromatic hydroxyl groups is 1. The molecule has 0 fully saturated rings. The average Bonchev–Trinajstić information content (AvgIpc) is 2.84. The lowest BCUT2D eigenvalue weighted by Gasteiger charge is -2.43. The van der Waals surface area contributed by atoms with Gasteiger partial charge in [-0.25, -0.2) is 4.79 Å². The quantitative estimate of drug-likeness (QED) is 0.284. The second kappa shape index (κ2) is 14.4. The van der Waals surface area contributed by atoms with Gasteiger partial charge in [-0.2, -0.15) is 0 Å². The van der Waals surface area contributed by atoms with E-state index < -0.39 is 35.2 Å². The first kappa shape index (κ1) is 33.7. The number of carbonyl (C=O) groups excluding carboxylic acids is 3. The van der Waals surface area contributed by atoms with Crippen LogP contribution in [0.1, 0.15) is 96.0 Å². The number of amides is 3. The summed E-state index contributed by atoms with van der Waals surface area (Å²) in [6.07, 6.45) is 2.27. The van der Waals surface area contributed by atoms with Gasteiger partial charge >= 0.3 is 6.09 Å². The van der Waals surface area contributed by atoms with Crippen molar-refractivity contribution in [1.29, 1.82) is 0 Å². The SMILES string of the molecule is CCCCCNC(=O)C(c1c(C)cccc1C)N(C(=O)C(Cc1ccc(O)cc1)NC(=O)OC(C)(C)C)C(C)(C)C. The van der Waals surface area contributed by atoms with Gasteiger partial charge < -0.3 is 25.4 Å². The van der Waals surface area contributed by atoms with E-state index >= 15 is 0 Å². The van der Waals surface area contributed by atoms with Crippen LogP contribution < -0.4 is 10.6 Å². The van der Waals surface area contributed by atoms with Gasteiger partial charge in [-0.05, 0) is 96.2 Å². The number of aryl methyl sites for hydroxylation is 2. The molecule has 2 unspecified atom stereocenters. The van der Waals surface area contributed by atoms with Crippen molar-refractivity contribution in [2.45, 2.75) is 111 Å². The number of hydrogen-bond donors (Lipinski definition) is 3. The number of nitrogens with zero attached hydrogens (tertiary/aromatic N) is 1. The molecule has 226 valence electrons. The average molecular weight is 568 g/mol. The van der Waals surface area contributed by atoms with E-state index in [0.717, 1.165) is 41.5 Å². The van der Waals surface area contributed by atoms with Crippen molar-refractivity contribution in [2.75, 3.05) is 6.54 Å². The minimum absolute atomic E-state index is 0.0999. The Labute approximate surface area is 245 Å². The number of hydrogen-bond acceptors (Lipinski definition) is 5. The molecule has 8 heteroatoms. The molecule has 0 aromatic heterocycles. The molecule has 0 aliphatic carbocycles. The molecule has 2 atom stereocenters. The summed E-state index contributed by atoms with van der Waals surface area (Å²) in [5.41, 5.74) is 1.74. The Kier molecular flexibility index (Phi) is 11.8. The first-order chi connectivity index (χ1) is 19.0. The van der Waals surface area contributed by atoms with E-state index in [4.69, 9.17) is 4.74 Å². The molecule has 3 amide bonds. The number of carbonyl (C=O) groups is 3. The molecule has 0 aliphatic rings. The van der Waals surface area contributed by atoms with Crippen molar-refractivity contribution in [3.8, 4) is 5.75 Å². The van der Waals surface area contributed by atoms with Gasteiger partial charge in [0, 0.05) is 18.5 Å². The van der Waals surface area contributed by atoms with Crippen LogP contribution in [0.5, 0.6) is 5.75 Å². The van der Waals surface area contributed by atoms with Crippen molar-refractivity contribution in [3.63, 3.8) is 0 Å². The van der Waals surface area contributed by atoms with Crippen LogP contribution in [0.25, 0.3) is 0 Å². The molecule has 0 saturated heterocycles. The Balaban J connectivity index is 2.63.